The molecule has 0 fully saturated rings. The summed E-state index contributed by atoms with van der Waals surface area (Å²) < 4.78 is 5.22. The quantitative estimate of drug-likeness (QED) is 0.924. The van der Waals surface area contributed by atoms with Crippen molar-refractivity contribution in [2.24, 2.45) is 0 Å². The lowest BCUT2D eigenvalue weighted by molar-refractivity contribution is 0.0954. The van der Waals surface area contributed by atoms with Crippen LogP contribution in [0, 0.1) is 6.92 Å². The van der Waals surface area contributed by atoms with Crippen LogP contribution in [-0.2, 0) is 6.42 Å². The summed E-state index contributed by atoms with van der Waals surface area (Å²) in [5, 5.41) is 2.90. The third-order valence-electron chi connectivity index (χ3n) is 3.10. The first kappa shape index (κ1) is 17.0. The highest BCUT2D eigenvalue weighted by Gasteiger charge is 2.04. The summed E-state index contributed by atoms with van der Waals surface area (Å²) in [4.78, 5) is 15.7. The molecule has 21 heavy (non-hydrogen) atoms. The van der Waals surface area contributed by atoms with Crippen molar-refractivity contribution in [3.05, 3.63) is 59.4 Å². The molecule has 1 aromatic carbocycles. The number of benzene rings is 1. The number of hydrogen-bond acceptors (Lipinski definition) is 3. The molecule has 0 bridgehead atoms. The number of nitrogens with zero attached hydrogens (tertiary/aromatic N) is 1. The molecule has 0 spiro atoms. The maximum absolute atomic E-state index is 11.8. The molecular formula is C16H19ClN2O2. The topological polar surface area (TPSA) is 51.2 Å². The van der Waals surface area contributed by atoms with Gasteiger partial charge in [-0.1, -0.05) is 12.1 Å². The van der Waals surface area contributed by atoms with Crippen LogP contribution in [-0.4, -0.2) is 24.5 Å². The van der Waals surface area contributed by atoms with Gasteiger partial charge in [-0.05, 0) is 42.7 Å². The van der Waals surface area contributed by atoms with Crippen molar-refractivity contribution in [2.75, 3.05) is 13.7 Å². The molecule has 0 unspecified atom stereocenters. The number of ether oxygens (including phenoxy) is 1. The van der Waals surface area contributed by atoms with Gasteiger partial charge in [0.1, 0.15) is 5.75 Å². The number of aryl methyl sites for hydroxylation is 1. The predicted molar refractivity (Wildman–Crippen MR) is 85.3 cm³/mol. The zero-order chi connectivity index (χ0) is 14.4. The van der Waals surface area contributed by atoms with Crippen LogP contribution in [0.2, 0.25) is 0 Å². The number of amides is 1. The summed E-state index contributed by atoms with van der Waals surface area (Å²) in [5.74, 6) is 0.812. The first-order chi connectivity index (χ1) is 9.70. The second kappa shape index (κ2) is 8.27. The molecule has 0 aliphatic rings. The molecule has 0 saturated carbocycles. The van der Waals surface area contributed by atoms with E-state index >= 15 is 0 Å². The second-order valence-corrected chi connectivity index (χ2v) is 4.55. The second-order valence-electron chi connectivity index (χ2n) is 4.55. The number of rotatable bonds is 5. The molecule has 0 aliphatic heterocycles. The van der Waals surface area contributed by atoms with Crippen LogP contribution in [0.4, 0.5) is 0 Å². The minimum Gasteiger partial charge on any atom is -0.496 e. The van der Waals surface area contributed by atoms with Crippen LogP contribution < -0.4 is 10.1 Å². The number of carbonyl (C=O) groups is 1. The maximum atomic E-state index is 11.8. The minimum absolute atomic E-state index is 0. The van der Waals surface area contributed by atoms with Crippen LogP contribution in [0.25, 0.3) is 0 Å². The summed E-state index contributed by atoms with van der Waals surface area (Å²) in [7, 11) is 1.66. The molecule has 1 heterocycles. The van der Waals surface area contributed by atoms with Gasteiger partial charge in [-0.25, -0.2) is 0 Å². The predicted octanol–water partition coefficient (Wildman–Crippen LogP) is 2.79. The molecular weight excluding hydrogens is 288 g/mol. The SMILES string of the molecule is COc1ccc(CCNC(=O)c2ccncc2)cc1C.Cl. The van der Waals surface area contributed by atoms with Crippen molar-refractivity contribution in [2.45, 2.75) is 13.3 Å². The summed E-state index contributed by atoms with van der Waals surface area (Å²) >= 11 is 0. The molecule has 2 rings (SSSR count). The van der Waals surface area contributed by atoms with E-state index in [0.717, 1.165) is 17.7 Å². The third-order valence-corrected chi connectivity index (χ3v) is 3.10. The Balaban J connectivity index is 0.00000220. The zero-order valence-electron chi connectivity index (χ0n) is 12.1. The minimum atomic E-state index is -0.0716. The van der Waals surface area contributed by atoms with E-state index in [1.54, 1.807) is 31.6 Å². The van der Waals surface area contributed by atoms with Gasteiger partial charge in [0, 0.05) is 24.5 Å². The Morgan fingerprint density at radius 2 is 1.95 bits per heavy atom. The van der Waals surface area contributed by atoms with Gasteiger partial charge < -0.3 is 10.1 Å². The van der Waals surface area contributed by atoms with Crippen LogP contribution in [0.5, 0.6) is 5.75 Å². The van der Waals surface area contributed by atoms with Gasteiger partial charge in [-0.2, -0.15) is 0 Å². The summed E-state index contributed by atoms with van der Waals surface area (Å²) in [6, 6.07) is 9.46. The average Bonchev–Trinajstić information content (AvgIpc) is 2.48. The Kier molecular flexibility index (Phi) is 6.69. The lowest BCUT2D eigenvalue weighted by Crippen LogP contribution is -2.25. The Labute approximate surface area is 131 Å². The van der Waals surface area contributed by atoms with Gasteiger partial charge in [-0.15, -0.1) is 12.4 Å². The number of halogens is 1. The van der Waals surface area contributed by atoms with E-state index in [9.17, 15) is 4.79 Å². The molecule has 5 heteroatoms. The highest BCUT2D eigenvalue weighted by molar-refractivity contribution is 5.93. The highest BCUT2D eigenvalue weighted by Crippen LogP contribution is 2.18. The average molecular weight is 307 g/mol. The fourth-order valence-corrected chi connectivity index (χ4v) is 2.02. The molecule has 112 valence electrons. The van der Waals surface area contributed by atoms with Crippen molar-refractivity contribution < 1.29 is 9.53 Å². The van der Waals surface area contributed by atoms with E-state index in [-0.39, 0.29) is 18.3 Å². The molecule has 0 saturated heterocycles. The standard InChI is InChI=1S/C16H18N2O2.ClH/c1-12-11-13(3-4-15(12)20-2)5-10-18-16(19)14-6-8-17-9-7-14;/h3-4,6-9,11H,5,10H2,1-2H3,(H,18,19);1H. The molecule has 1 aromatic heterocycles. The van der Waals surface area contributed by atoms with Gasteiger partial charge in [0.25, 0.3) is 5.91 Å². The summed E-state index contributed by atoms with van der Waals surface area (Å²) in [5.41, 5.74) is 2.91. The Bertz CT molecular complexity index is 588. The van der Waals surface area contributed by atoms with Gasteiger partial charge >= 0.3 is 0 Å². The van der Waals surface area contributed by atoms with Crippen LogP contribution >= 0.6 is 12.4 Å². The number of pyridine rings is 1. The molecule has 2 aromatic rings. The van der Waals surface area contributed by atoms with Gasteiger partial charge in [-0.3, -0.25) is 9.78 Å². The molecule has 1 N–H and O–H groups in total. The van der Waals surface area contributed by atoms with Gasteiger partial charge in [0.05, 0.1) is 7.11 Å². The third kappa shape index (κ3) is 4.76. The fraction of sp³-hybridized carbons (Fsp3) is 0.250. The van der Waals surface area contributed by atoms with Crippen LogP contribution in [0.3, 0.4) is 0 Å². The zero-order valence-corrected chi connectivity index (χ0v) is 12.9. The Morgan fingerprint density at radius 3 is 2.57 bits per heavy atom. The number of hydrogen-bond donors (Lipinski definition) is 1. The van der Waals surface area contributed by atoms with E-state index in [1.165, 1.54) is 5.56 Å². The lowest BCUT2D eigenvalue weighted by Gasteiger charge is -2.08. The highest BCUT2D eigenvalue weighted by atomic mass is 35.5. The summed E-state index contributed by atoms with van der Waals surface area (Å²) in [6.07, 6.45) is 4.02. The first-order valence-corrected chi connectivity index (χ1v) is 6.52. The largest absolute Gasteiger partial charge is 0.496 e. The van der Waals surface area contributed by atoms with Crippen LogP contribution in [0.15, 0.2) is 42.7 Å². The Morgan fingerprint density at radius 1 is 1.24 bits per heavy atom. The number of aromatic nitrogens is 1. The monoisotopic (exact) mass is 306 g/mol. The number of carbonyl (C=O) groups excluding carboxylic acids is 1. The van der Waals surface area contributed by atoms with Gasteiger partial charge in [0.2, 0.25) is 0 Å². The normalized spacial score (nSPS) is 9.62. The van der Waals surface area contributed by atoms with E-state index in [0.29, 0.717) is 12.1 Å². The maximum Gasteiger partial charge on any atom is 0.251 e. The fourth-order valence-electron chi connectivity index (χ4n) is 2.02. The van der Waals surface area contributed by atoms with E-state index in [2.05, 4.69) is 16.4 Å². The van der Waals surface area contributed by atoms with Crippen molar-refractivity contribution in [3.8, 4) is 5.75 Å². The molecule has 4 nitrogen and oxygen atoms in total. The van der Waals surface area contributed by atoms with Crippen molar-refractivity contribution in [3.63, 3.8) is 0 Å². The molecule has 0 radical (unpaired) electrons. The smallest absolute Gasteiger partial charge is 0.251 e. The van der Waals surface area contributed by atoms with Gasteiger partial charge in [0.15, 0.2) is 0 Å². The lowest BCUT2D eigenvalue weighted by atomic mass is 10.1. The van der Waals surface area contributed by atoms with E-state index in [1.807, 2.05) is 19.1 Å². The van der Waals surface area contributed by atoms with E-state index in [4.69, 9.17) is 4.74 Å². The Hall–Kier alpha value is -2.07. The van der Waals surface area contributed by atoms with Crippen molar-refractivity contribution in [1.29, 1.82) is 0 Å². The van der Waals surface area contributed by atoms with Crippen LogP contribution in [0.1, 0.15) is 21.5 Å². The molecule has 0 atom stereocenters. The molecule has 0 aliphatic carbocycles. The number of methoxy groups -OCH3 is 1. The first-order valence-electron chi connectivity index (χ1n) is 6.52. The van der Waals surface area contributed by atoms with Crippen molar-refractivity contribution >= 4 is 18.3 Å². The summed E-state index contributed by atoms with van der Waals surface area (Å²) in [6.45, 7) is 2.62. The van der Waals surface area contributed by atoms with E-state index < -0.39 is 0 Å². The number of nitrogens with one attached hydrogen (secondary N) is 1. The molecule has 1 amide bonds. The van der Waals surface area contributed by atoms with Crippen molar-refractivity contribution in [1.82, 2.24) is 10.3 Å².